The Bertz CT molecular complexity index is 540. The summed E-state index contributed by atoms with van der Waals surface area (Å²) in [5.74, 6) is 0.0308. The topological polar surface area (TPSA) is 58.6 Å². The van der Waals surface area contributed by atoms with E-state index in [9.17, 15) is 9.59 Å². The number of hydrogen-bond acceptors (Lipinski definition) is 3. The van der Waals surface area contributed by atoms with Crippen LogP contribution in [0.15, 0.2) is 24.3 Å². The highest BCUT2D eigenvalue weighted by Crippen LogP contribution is 2.18. The van der Waals surface area contributed by atoms with Gasteiger partial charge in [0.1, 0.15) is 5.75 Å². The smallest absolute Gasteiger partial charge is 0.263 e. The van der Waals surface area contributed by atoms with Crippen molar-refractivity contribution in [2.24, 2.45) is 0 Å². The fourth-order valence-electron chi connectivity index (χ4n) is 1.86. The van der Waals surface area contributed by atoms with Gasteiger partial charge in [-0.05, 0) is 45.9 Å². The quantitative estimate of drug-likeness (QED) is 0.904. The normalized spacial score (nSPS) is 12.5. The Morgan fingerprint density at radius 2 is 2.00 bits per heavy atom. The molecule has 0 heterocycles. The molecular formula is C16H23ClN2O3. The molecule has 1 rings (SSSR count). The number of amides is 2. The van der Waals surface area contributed by atoms with Gasteiger partial charge in [0, 0.05) is 17.6 Å². The number of carbonyl (C=O) groups is 2. The minimum absolute atomic E-state index is 0.0145. The van der Waals surface area contributed by atoms with E-state index in [1.54, 1.807) is 38.2 Å². The van der Waals surface area contributed by atoms with Gasteiger partial charge in [-0.2, -0.15) is 0 Å². The molecule has 1 aromatic carbocycles. The number of nitrogens with zero attached hydrogens (tertiary/aromatic N) is 1. The maximum Gasteiger partial charge on any atom is 0.263 e. The van der Waals surface area contributed by atoms with Gasteiger partial charge in [-0.3, -0.25) is 9.59 Å². The van der Waals surface area contributed by atoms with Crippen LogP contribution < -0.4 is 10.1 Å². The van der Waals surface area contributed by atoms with Crippen molar-refractivity contribution in [3.05, 3.63) is 29.3 Å². The first kappa shape index (κ1) is 18.3. The monoisotopic (exact) mass is 326 g/mol. The average Bonchev–Trinajstić information content (AvgIpc) is 2.35. The van der Waals surface area contributed by atoms with E-state index in [-0.39, 0.29) is 23.9 Å². The van der Waals surface area contributed by atoms with Gasteiger partial charge in [0.2, 0.25) is 5.91 Å². The number of likely N-dealkylation sites (N-methyl/N-ethyl adjacent to an activating group) is 1. The van der Waals surface area contributed by atoms with Gasteiger partial charge in [0.25, 0.3) is 5.91 Å². The van der Waals surface area contributed by atoms with Crippen molar-refractivity contribution in [2.45, 2.75) is 39.3 Å². The van der Waals surface area contributed by atoms with Gasteiger partial charge in [-0.25, -0.2) is 0 Å². The number of nitrogens with one attached hydrogen (secondary N) is 1. The lowest BCUT2D eigenvalue weighted by atomic mass is 10.1. The van der Waals surface area contributed by atoms with Crippen LogP contribution >= 0.6 is 11.6 Å². The third kappa shape index (κ3) is 6.35. The van der Waals surface area contributed by atoms with Crippen molar-refractivity contribution >= 4 is 23.4 Å². The summed E-state index contributed by atoms with van der Waals surface area (Å²) >= 11 is 5.87. The zero-order valence-corrected chi connectivity index (χ0v) is 14.4. The van der Waals surface area contributed by atoms with Crippen LogP contribution in [-0.2, 0) is 9.59 Å². The lowest BCUT2D eigenvalue weighted by Crippen LogP contribution is -2.48. The molecule has 0 aliphatic heterocycles. The molecule has 0 unspecified atom stereocenters. The second-order valence-corrected chi connectivity index (χ2v) is 6.65. The van der Waals surface area contributed by atoms with Crippen molar-refractivity contribution in [3.63, 3.8) is 0 Å². The molecule has 0 aliphatic carbocycles. The number of carbonyl (C=O) groups excluding carboxylic acids is 2. The molecular weight excluding hydrogens is 304 g/mol. The van der Waals surface area contributed by atoms with E-state index in [2.05, 4.69) is 5.32 Å². The van der Waals surface area contributed by atoms with Crippen LogP contribution in [-0.4, -0.2) is 41.9 Å². The first-order chi connectivity index (χ1) is 10.1. The predicted octanol–water partition coefficient (Wildman–Crippen LogP) is 2.48. The molecule has 0 spiro atoms. The molecule has 1 aromatic rings. The molecule has 22 heavy (non-hydrogen) atoms. The number of halogens is 1. The second kappa shape index (κ2) is 7.49. The summed E-state index contributed by atoms with van der Waals surface area (Å²) in [5, 5.41) is 3.35. The van der Waals surface area contributed by atoms with Crippen molar-refractivity contribution < 1.29 is 14.3 Å². The van der Waals surface area contributed by atoms with Crippen LogP contribution in [0.5, 0.6) is 5.75 Å². The first-order valence-electron chi connectivity index (χ1n) is 7.07. The van der Waals surface area contributed by atoms with Crippen molar-refractivity contribution in [2.75, 3.05) is 13.6 Å². The molecule has 2 amide bonds. The van der Waals surface area contributed by atoms with E-state index >= 15 is 0 Å². The number of hydrogen-bond donors (Lipinski definition) is 1. The molecule has 0 saturated carbocycles. The molecule has 0 fully saturated rings. The highest BCUT2D eigenvalue weighted by Gasteiger charge is 2.22. The van der Waals surface area contributed by atoms with Crippen LogP contribution in [0.4, 0.5) is 0 Å². The molecule has 0 aliphatic rings. The summed E-state index contributed by atoms with van der Waals surface area (Å²) in [4.78, 5) is 25.4. The van der Waals surface area contributed by atoms with E-state index in [1.165, 1.54) is 4.90 Å². The molecule has 0 radical (unpaired) electrons. The largest absolute Gasteiger partial charge is 0.481 e. The maximum atomic E-state index is 12.2. The summed E-state index contributed by atoms with van der Waals surface area (Å²) in [6, 6.07) is 6.83. The van der Waals surface area contributed by atoms with Crippen molar-refractivity contribution in [3.8, 4) is 5.75 Å². The van der Waals surface area contributed by atoms with Crippen molar-refractivity contribution in [1.82, 2.24) is 10.2 Å². The van der Waals surface area contributed by atoms with Gasteiger partial charge >= 0.3 is 0 Å². The van der Waals surface area contributed by atoms with Crippen LogP contribution in [0, 0.1) is 0 Å². The maximum absolute atomic E-state index is 12.2. The minimum atomic E-state index is -0.703. The first-order valence-corrected chi connectivity index (χ1v) is 7.44. The Balaban J connectivity index is 2.57. The summed E-state index contributed by atoms with van der Waals surface area (Å²) in [6.45, 7) is 7.29. The van der Waals surface area contributed by atoms with E-state index in [1.807, 2.05) is 20.8 Å². The SMILES string of the molecule is C[C@H](Oc1cccc(Cl)c1)C(=O)N(C)CC(=O)NC(C)(C)C. The summed E-state index contributed by atoms with van der Waals surface area (Å²) in [6.07, 6.45) is -0.703. The molecule has 6 heteroatoms. The fraction of sp³-hybridized carbons (Fsp3) is 0.500. The van der Waals surface area contributed by atoms with Gasteiger partial charge in [0.05, 0.1) is 6.54 Å². The highest BCUT2D eigenvalue weighted by atomic mass is 35.5. The Hall–Kier alpha value is -1.75. The summed E-state index contributed by atoms with van der Waals surface area (Å²) < 4.78 is 5.55. The molecule has 122 valence electrons. The molecule has 0 aromatic heterocycles. The van der Waals surface area contributed by atoms with E-state index in [0.29, 0.717) is 10.8 Å². The fourth-order valence-corrected chi connectivity index (χ4v) is 2.04. The Labute approximate surface area is 136 Å². The molecule has 0 saturated heterocycles. The summed E-state index contributed by atoms with van der Waals surface area (Å²) in [5.41, 5.74) is -0.329. The third-order valence-corrected chi connectivity index (χ3v) is 2.96. The Morgan fingerprint density at radius 3 is 2.55 bits per heavy atom. The lowest BCUT2D eigenvalue weighted by molar-refractivity contribution is -0.140. The van der Waals surface area contributed by atoms with Crippen molar-refractivity contribution in [1.29, 1.82) is 0 Å². The van der Waals surface area contributed by atoms with E-state index in [4.69, 9.17) is 16.3 Å². The molecule has 5 nitrogen and oxygen atoms in total. The number of rotatable bonds is 5. The van der Waals surface area contributed by atoms with Crippen LogP contribution in [0.1, 0.15) is 27.7 Å². The highest BCUT2D eigenvalue weighted by molar-refractivity contribution is 6.30. The predicted molar refractivity (Wildman–Crippen MR) is 87.1 cm³/mol. The Morgan fingerprint density at radius 1 is 1.36 bits per heavy atom. The van der Waals surface area contributed by atoms with Gasteiger partial charge in [-0.15, -0.1) is 0 Å². The van der Waals surface area contributed by atoms with Crippen LogP contribution in [0.3, 0.4) is 0 Å². The number of ether oxygens (including phenoxy) is 1. The van der Waals surface area contributed by atoms with Gasteiger partial charge < -0.3 is 15.0 Å². The Kier molecular flexibility index (Phi) is 6.23. The average molecular weight is 327 g/mol. The van der Waals surface area contributed by atoms with Gasteiger partial charge in [-0.1, -0.05) is 17.7 Å². The standard InChI is InChI=1S/C16H23ClN2O3/c1-11(22-13-8-6-7-12(17)9-13)15(21)19(5)10-14(20)18-16(2,3)4/h6-9,11H,10H2,1-5H3,(H,18,20)/t11-/m0/s1. The zero-order valence-electron chi connectivity index (χ0n) is 13.6. The molecule has 1 N–H and O–H groups in total. The van der Waals surface area contributed by atoms with Crippen LogP contribution in [0.2, 0.25) is 5.02 Å². The molecule has 0 bridgehead atoms. The number of benzene rings is 1. The third-order valence-electron chi connectivity index (χ3n) is 2.73. The van der Waals surface area contributed by atoms with E-state index < -0.39 is 6.10 Å². The second-order valence-electron chi connectivity index (χ2n) is 6.21. The minimum Gasteiger partial charge on any atom is -0.481 e. The lowest BCUT2D eigenvalue weighted by Gasteiger charge is -2.25. The van der Waals surface area contributed by atoms with E-state index in [0.717, 1.165) is 0 Å². The summed E-state index contributed by atoms with van der Waals surface area (Å²) in [7, 11) is 1.57. The van der Waals surface area contributed by atoms with Gasteiger partial charge in [0.15, 0.2) is 6.10 Å². The zero-order chi connectivity index (χ0) is 16.9. The van der Waals surface area contributed by atoms with Crippen LogP contribution in [0.25, 0.3) is 0 Å². The molecule has 1 atom stereocenters.